The molecule has 30 heavy (non-hydrogen) atoms. The average molecular weight is 448 g/mol. The Morgan fingerprint density at radius 3 is 2.60 bits per heavy atom. The molecule has 1 aliphatic carbocycles. The van der Waals surface area contributed by atoms with Crippen molar-refractivity contribution in [3.05, 3.63) is 10.6 Å². The summed E-state index contributed by atoms with van der Waals surface area (Å²) >= 11 is 1.25. The fourth-order valence-electron chi connectivity index (χ4n) is 4.14. The molecule has 0 aromatic carbocycles. The smallest absolute Gasteiger partial charge is 0.422 e. The first-order valence-corrected chi connectivity index (χ1v) is 11.7. The molecule has 5 nitrogen and oxygen atoms in total. The Hall–Kier alpha value is -1.35. The number of nitrogens with zero attached hydrogens (tertiary/aromatic N) is 2. The van der Waals surface area contributed by atoms with Crippen LogP contribution < -0.4 is 10.1 Å². The zero-order valence-corrected chi connectivity index (χ0v) is 18.6. The van der Waals surface area contributed by atoms with Crippen LogP contribution in [0.1, 0.15) is 56.5 Å². The van der Waals surface area contributed by atoms with Crippen molar-refractivity contribution in [1.82, 2.24) is 15.2 Å². The molecule has 0 spiro atoms. The van der Waals surface area contributed by atoms with Gasteiger partial charge in [-0.15, -0.1) is 0 Å². The van der Waals surface area contributed by atoms with E-state index in [0.717, 1.165) is 75.2 Å². The minimum absolute atomic E-state index is 0.0378. The molecule has 2 heterocycles. The lowest BCUT2D eigenvalue weighted by molar-refractivity contribution is -0.153. The van der Waals surface area contributed by atoms with Gasteiger partial charge in [-0.3, -0.25) is 4.79 Å². The third-order valence-electron chi connectivity index (χ3n) is 6.01. The molecule has 0 radical (unpaired) electrons. The number of hydrogen-bond donors (Lipinski definition) is 1. The van der Waals surface area contributed by atoms with E-state index < -0.39 is 12.8 Å². The van der Waals surface area contributed by atoms with E-state index in [2.05, 4.69) is 15.2 Å². The maximum atomic E-state index is 12.3. The number of carbonyl (C=O) groups excluding carboxylic acids is 1. The molecule has 170 valence electrons. The van der Waals surface area contributed by atoms with Crippen molar-refractivity contribution in [2.45, 2.75) is 71.0 Å². The normalized spacial score (nSPS) is 23.1. The van der Waals surface area contributed by atoms with Crippen LogP contribution in [0.15, 0.2) is 0 Å². The van der Waals surface area contributed by atoms with Gasteiger partial charge in [0.1, 0.15) is 0 Å². The van der Waals surface area contributed by atoms with Crippen LogP contribution >= 0.6 is 11.3 Å². The Labute approximate surface area is 180 Å². The molecule has 2 aliphatic rings. The Morgan fingerprint density at radius 2 is 1.93 bits per heavy atom. The summed E-state index contributed by atoms with van der Waals surface area (Å²) in [6.45, 7) is 5.40. The van der Waals surface area contributed by atoms with Crippen LogP contribution in [0.25, 0.3) is 0 Å². The van der Waals surface area contributed by atoms with Gasteiger partial charge in [0.15, 0.2) is 6.61 Å². The van der Waals surface area contributed by atoms with Crippen molar-refractivity contribution in [2.75, 3.05) is 26.2 Å². The summed E-state index contributed by atoms with van der Waals surface area (Å²) in [4.78, 5) is 19.6. The lowest BCUT2D eigenvalue weighted by atomic mass is 9.84. The summed E-state index contributed by atoms with van der Waals surface area (Å²) in [5, 5.41) is 3.29. The average Bonchev–Trinajstić information content (AvgIpc) is 2.99. The van der Waals surface area contributed by atoms with Crippen LogP contribution in [-0.2, 0) is 17.6 Å². The molecule has 3 rings (SSSR count). The van der Waals surface area contributed by atoms with Crippen LogP contribution in [-0.4, -0.2) is 54.3 Å². The molecular weight excluding hydrogens is 415 g/mol. The molecule has 1 amide bonds. The maximum absolute atomic E-state index is 12.3. The predicted molar refractivity (Wildman–Crippen MR) is 111 cm³/mol. The largest absolute Gasteiger partial charge is 0.460 e. The quantitative estimate of drug-likeness (QED) is 0.681. The van der Waals surface area contributed by atoms with Gasteiger partial charge >= 0.3 is 6.18 Å². The summed E-state index contributed by atoms with van der Waals surface area (Å²) in [5.41, 5.74) is 0.890. The molecule has 1 N–H and O–H groups in total. The highest BCUT2D eigenvalue weighted by Gasteiger charge is 2.30. The van der Waals surface area contributed by atoms with E-state index in [0.29, 0.717) is 12.0 Å². The van der Waals surface area contributed by atoms with Gasteiger partial charge in [-0.25, -0.2) is 4.98 Å². The van der Waals surface area contributed by atoms with Crippen molar-refractivity contribution < 1.29 is 22.7 Å². The number of halogens is 3. The predicted octanol–water partition coefficient (Wildman–Crippen LogP) is 4.21. The summed E-state index contributed by atoms with van der Waals surface area (Å²) < 4.78 is 41.8. The van der Waals surface area contributed by atoms with E-state index in [1.165, 1.54) is 11.3 Å². The number of carbonyl (C=O) groups is 1. The molecule has 1 fully saturated rings. The summed E-state index contributed by atoms with van der Waals surface area (Å²) in [5.74, 6) is 0.891. The Morgan fingerprint density at radius 1 is 1.23 bits per heavy atom. The number of nitrogens with one attached hydrogen (secondary N) is 1. The van der Waals surface area contributed by atoms with Crippen LogP contribution in [0.4, 0.5) is 13.2 Å². The van der Waals surface area contributed by atoms with Crippen molar-refractivity contribution in [1.29, 1.82) is 0 Å². The molecule has 0 saturated heterocycles. The lowest BCUT2D eigenvalue weighted by Crippen LogP contribution is -2.40. The maximum Gasteiger partial charge on any atom is 0.422 e. The number of hydrogen-bond acceptors (Lipinski definition) is 5. The summed E-state index contributed by atoms with van der Waals surface area (Å²) in [7, 11) is 0. The molecule has 1 aromatic heterocycles. The number of amides is 1. The Kier molecular flexibility index (Phi) is 8.01. The van der Waals surface area contributed by atoms with Crippen molar-refractivity contribution in [3.63, 3.8) is 0 Å². The molecule has 9 heteroatoms. The third-order valence-corrected chi connectivity index (χ3v) is 7.08. The number of alkyl halides is 3. The number of ether oxygens (including phenoxy) is 1. The van der Waals surface area contributed by atoms with E-state index in [1.54, 1.807) is 0 Å². The highest BCUT2D eigenvalue weighted by Crippen LogP contribution is 2.31. The number of fused-ring (bicyclic) bond motifs is 1. The van der Waals surface area contributed by atoms with Crippen LogP contribution in [0.5, 0.6) is 5.19 Å². The van der Waals surface area contributed by atoms with Gasteiger partial charge in [-0.05, 0) is 51.0 Å². The van der Waals surface area contributed by atoms with Gasteiger partial charge in [0, 0.05) is 36.3 Å². The highest BCUT2D eigenvalue weighted by atomic mass is 32.1. The minimum Gasteiger partial charge on any atom is -0.460 e. The fraction of sp³-hybridized carbons (Fsp3) is 0.810. The van der Waals surface area contributed by atoms with E-state index in [4.69, 9.17) is 4.74 Å². The SMILES string of the molecule is CC(C)C(=O)NC1CCC(CCN2CCc3nc(OCC(F)(F)F)sc3CC2)CC1. The summed E-state index contributed by atoms with van der Waals surface area (Å²) in [6, 6.07) is 0.324. The Balaban J connectivity index is 1.37. The molecule has 1 aromatic rings. The second kappa shape index (κ2) is 10.3. The zero-order chi connectivity index (χ0) is 21.7. The van der Waals surface area contributed by atoms with Crippen molar-refractivity contribution in [3.8, 4) is 5.19 Å². The van der Waals surface area contributed by atoms with Crippen LogP contribution in [0.3, 0.4) is 0 Å². The zero-order valence-electron chi connectivity index (χ0n) is 17.8. The van der Waals surface area contributed by atoms with Crippen molar-refractivity contribution in [2.24, 2.45) is 11.8 Å². The molecule has 0 atom stereocenters. The highest BCUT2D eigenvalue weighted by molar-refractivity contribution is 7.13. The lowest BCUT2D eigenvalue weighted by Gasteiger charge is -2.31. The van der Waals surface area contributed by atoms with Crippen LogP contribution in [0.2, 0.25) is 0 Å². The van der Waals surface area contributed by atoms with Crippen LogP contribution in [0, 0.1) is 11.8 Å². The molecular formula is C21H32F3N3O2S. The molecule has 0 unspecified atom stereocenters. The van der Waals surface area contributed by atoms with E-state index >= 15 is 0 Å². The van der Waals surface area contributed by atoms with Gasteiger partial charge in [0.25, 0.3) is 5.19 Å². The second-order valence-corrected chi connectivity index (χ2v) is 9.81. The van der Waals surface area contributed by atoms with Gasteiger partial charge in [0.2, 0.25) is 5.91 Å². The van der Waals surface area contributed by atoms with Gasteiger partial charge in [0.05, 0.1) is 5.69 Å². The molecule has 1 saturated carbocycles. The first-order valence-electron chi connectivity index (χ1n) is 10.9. The minimum atomic E-state index is -4.33. The fourth-order valence-corrected chi connectivity index (χ4v) is 5.09. The first-order chi connectivity index (χ1) is 14.2. The number of rotatable bonds is 7. The Bertz CT molecular complexity index is 675. The third kappa shape index (κ3) is 7.11. The summed E-state index contributed by atoms with van der Waals surface area (Å²) in [6.07, 6.45) is 2.84. The number of aromatic nitrogens is 1. The standard InChI is InChI=1S/C21H32F3N3O2S/c1-14(2)19(28)25-16-5-3-15(4-6-16)7-10-27-11-8-17-18(9-12-27)30-20(26-17)29-13-21(22,23)24/h14-16H,3-13H2,1-2H3,(H,25,28). The number of thiazole rings is 1. The van der Waals surface area contributed by atoms with Gasteiger partial charge in [-0.2, -0.15) is 13.2 Å². The van der Waals surface area contributed by atoms with Crippen molar-refractivity contribution >= 4 is 17.2 Å². The van der Waals surface area contributed by atoms with E-state index in [9.17, 15) is 18.0 Å². The monoisotopic (exact) mass is 447 g/mol. The first kappa shape index (κ1) is 23.3. The topological polar surface area (TPSA) is 54.5 Å². The van der Waals surface area contributed by atoms with Gasteiger partial charge in [-0.1, -0.05) is 25.2 Å². The second-order valence-electron chi connectivity index (χ2n) is 8.76. The molecule has 0 bridgehead atoms. The van der Waals surface area contributed by atoms with E-state index in [1.807, 2.05) is 13.8 Å². The van der Waals surface area contributed by atoms with E-state index in [-0.39, 0.29) is 17.0 Å². The van der Waals surface area contributed by atoms with Gasteiger partial charge < -0.3 is 15.0 Å². The molecule has 1 aliphatic heterocycles.